The van der Waals surface area contributed by atoms with Gasteiger partial charge in [-0.1, -0.05) is 43.0 Å². The van der Waals surface area contributed by atoms with Crippen LogP contribution in [-0.4, -0.2) is 9.13 Å². The van der Waals surface area contributed by atoms with Crippen molar-refractivity contribution in [1.82, 2.24) is 9.13 Å². The topological polar surface area (TPSA) is 26.9 Å². The Balaban J connectivity index is 2.30. The molecule has 0 unspecified atom stereocenters. The van der Waals surface area contributed by atoms with Crippen molar-refractivity contribution in [2.45, 2.75) is 13.3 Å². The molecule has 0 radical (unpaired) electrons. The van der Waals surface area contributed by atoms with Gasteiger partial charge in [-0.05, 0) is 48.8 Å². The van der Waals surface area contributed by atoms with Crippen LogP contribution >= 0.6 is 0 Å². The van der Waals surface area contributed by atoms with Gasteiger partial charge >= 0.3 is 5.69 Å². The first kappa shape index (κ1) is 15.1. The van der Waals surface area contributed by atoms with Crippen molar-refractivity contribution in [2.24, 2.45) is 7.05 Å². The van der Waals surface area contributed by atoms with Crippen LogP contribution in [0.1, 0.15) is 13.3 Å². The van der Waals surface area contributed by atoms with Crippen molar-refractivity contribution >= 4 is 16.7 Å². The smallest absolute Gasteiger partial charge is 0.295 e. The van der Waals surface area contributed by atoms with Gasteiger partial charge in [-0.25, -0.2) is 4.79 Å². The maximum atomic E-state index is 12.7. The quantitative estimate of drug-likeness (QED) is 0.835. The van der Waals surface area contributed by atoms with E-state index >= 15 is 0 Å². The Morgan fingerprint density at radius 2 is 1.96 bits per heavy atom. The first-order chi connectivity index (χ1) is 11.2. The van der Waals surface area contributed by atoms with Gasteiger partial charge in [0.05, 0.1) is 16.7 Å². The Bertz CT molecular complexity index is 946. The van der Waals surface area contributed by atoms with E-state index in [2.05, 4.69) is 18.7 Å². The zero-order valence-electron chi connectivity index (χ0n) is 13.5. The molecule has 0 bridgehead atoms. The normalized spacial score (nSPS) is 15.3. The number of imidazole rings is 1. The van der Waals surface area contributed by atoms with E-state index in [1.165, 1.54) is 0 Å². The van der Waals surface area contributed by atoms with Crippen molar-refractivity contribution in [3.63, 3.8) is 0 Å². The Hall–Kier alpha value is -2.81. The Kier molecular flexibility index (Phi) is 4.02. The molecule has 0 amide bonds. The minimum atomic E-state index is -0.0380. The second kappa shape index (κ2) is 6.13. The maximum absolute atomic E-state index is 12.7. The number of rotatable bonds is 3. The number of allylic oxidation sites excluding steroid dienone is 9. The van der Waals surface area contributed by atoms with Crippen molar-refractivity contribution in [3.8, 4) is 0 Å². The third-order valence-electron chi connectivity index (χ3n) is 4.11. The molecule has 2 aromatic rings. The lowest BCUT2D eigenvalue weighted by Gasteiger charge is -2.05. The summed E-state index contributed by atoms with van der Waals surface area (Å²) in [4.78, 5) is 12.7. The van der Waals surface area contributed by atoms with E-state index in [0.717, 1.165) is 34.3 Å². The van der Waals surface area contributed by atoms with E-state index in [4.69, 9.17) is 0 Å². The van der Waals surface area contributed by atoms with Crippen LogP contribution in [0.3, 0.4) is 0 Å². The van der Waals surface area contributed by atoms with Gasteiger partial charge in [-0.3, -0.25) is 9.13 Å². The molecule has 1 heterocycles. The summed E-state index contributed by atoms with van der Waals surface area (Å²) < 4.78 is 3.45. The predicted molar refractivity (Wildman–Crippen MR) is 97.2 cm³/mol. The summed E-state index contributed by atoms with van der Waals surface area (Å²) in [5, 5.41) is 0. The molecule has 1 aromatic heterocycles. The van der Waals surface area contributed by atoms with Crippen LogP contribution in [0.25, 0.3) is 16.7 Å². The van der Waals surface area contributed by atoms with Crippen LogP contribution in [0.5, 0.6) is 0 Å². The first-order valence-corrected chi connectivity index (χ1v) is 7.70. The number of nitrogens with zero attached hydrogens (tertiary/aromatic N) is 2. The van der Waals surface area contributed by atoms with Gasteiger partial charge in [-0.2, -0.15) is 0 Å². The monoisotopic (exact) mass is 304 g/mol. The van der Waals surface area contributed by atoms with Gasteiger partial charge in [-0.15, -0.1) is 0 Å². The molecule has 0 saturated heterocycles. The summed E-state index contributed by atoms with van der Waals surface area (Å²) in [6.07, 6.45) is 12.9. The molecule has 1 aromatic carbocycles. The third kappa shape index (κ3) is 2.55. The molecule has 23 heavy (non-hydrogen) atoms. The molecule has 3 nitrogen and oxygen atoms in total. The predicted octanol–water partition coefficient (Wildman–Crippen LogP) is 4.20. The molecule has 0 aliphatic heterocycles. The molecule has 0 saturated carbocycles. The molecule has 0 fully saturated rings. The fraction of sp³-hybridized carbons (Fsp3) is 0.150. The van der Waals surface area contributed by atoms with E-state index in [1.807, 2.05) is 55.5 Å². The van der Waals surface area contributed by atoms with Gasteiger partial charge in [0.25, 0.3) is 0 Å². The highest BCUT2D eigenvalue weighted by Gasteiger charge is 2.14. The van der Waals surface area contributed by atoms with E-state index in [1.54, 1.807) is 16.2 Å². The Morgan fingerprint density at radius 1 is 1.22 bits per heavy atom. The lowest BCUT2D eigenvalue weighted by atomic mass is 10.1. The summed E-state index contributed by atoms with van der Waals surface area (Å²) >= 11 is 0. The average Bonchev–Trinajstić information content (AvgIpc) is 2.71. The molecule has 1 aliphatic carbocycles. The summed E-state index contributed by atoms with van der Waals surface area (Å²) in [7, 11) is 1.81. The van der Waals surface area contributed by atoms with Crippen molar-refractivity contribution in [2.75, 3.05) is 0 Å². The number of aryl methyl sites for hydroxylation is 1. The molecule has 1 aliphatic rings. The fourth-order valence-electron chi connectivity index (χ4n) is 2.94. The highest BCUT2D eigenvalue weighted by Crippen LogP contribution is 2.24. The van der Waals surface area contributed by atoms with Crippen LogP contribution in [0.15, 0.2) is 83.2 Å². The van der Waals surface area contributed by atoms with Crippen LogP contribution in [0, 0.1) is 0 Å². The molecule has 0 atom stereocenters. The van der Waals surface area contributed by atoms with Gasteiger partial charge < -0.3 is 0 Å². The fourth-order valence-corrected chi connectivity index (χ4v) is 2.94. The number of fused-ring (bicyclic) bond motifs is 1. The zero-order chi connectivity index (χ0) is 16.4. The SMILES string of the molecule is C=CC1=C(/C=C\C)C=C(n2c(=O)n(C)c3ccccc32)C=CC1. The van der Waals surface area contributed by atoms with Crippen LogP contribution in [0.2, 0.25) is 0 Å². The lowest BCUT2D eigenvalue weighted by molar-refractivity contribution is 0.855. The maximum Gasteiger partial charge on any atom is 0.333 e. The van der Waals surface area contributed by atoms with Crippen molar-refractivity contribution in [1.29, 1.82) is 0 Å². The highest BCUT2D eigenvalue weighted by molar-refractivity contribution is 5.82. The van der Waals surface area contributed by atoms with Crippen LogP contribution in [0.4, 0.5) is 0 Å². The van der Waals surface area contributed by atoms with Gasteiger partial charge in [0.2, 0.25) is 0 Å². The van der Waals surface area contributed by atoms with Crippen LogP contribution < -0.4 is 5.69 Å². The molecular weight excluding hydrogens is 284 g/mol. The van der Waals surface area contributed by atoms with Crippen molar-refractivity contribution in [3.05, 3.63) is 88.9 Å². The molecule has 116 valence electrons. The molecule has 3 heteroatoms. The largest absolute Gasteiger partial charge is 0.333 e. The molecule has 0 spiro atoms. The Labute approximate surface area is 135 Å². The number of hydrogen-bond acceptors (Lipinski definition) is 1. The van der Waals surface area contributed by atoms with Crippen molar-refractivity contribution < 1.29 is 0 Å². The molecule has 3 rings (SSSR count). The van der Waals surface area contributed by atoms with E-state index < -0.39 is 0 Å². The van der Waals surface area contributed by atoms with E-state index in [0.29, 0.717) is 0 Å². The number of hydrogen-bond donors (Lipinski definition) is 0. The summed E-state index contributed by atoms with van der Waals surface area (Å²) in [5.41, 5.74) is 4.92. The third-order valence-corrected chi connectivity index (χ3v) is 4.11. The highest BCUT2D eigenvalue weighted by atomic mass is 16.1. The minimum Gasteiger partial charge on any atom is -0.295 e. The molecule has 0 N–H and O–H groups in total. The van der Waals surface area contributed by atoms with Gasteiger partial charge in [0.1, 0.15) is 0 Å². The molecular formula is C20H20N2O. The lowest BCUT2D eigenvalue weighted by Crippen LogP contribution is -2.21. The van der Waals surface area contributed by atoms with E-state index in [-0.39, 0.29) is 5.69 Å². The second-order valence-electron chi connectivity index (χ2n) is 5.53. The van der Waals surface area contributed by atoms with E-state index in [9.17, 15) is 4.79 Å². The zero-order valence-corrected chi connectivity index (χ0v) is 13.5. The van der Waals surface area contributed by atoms with Gasteiger partial charge in [0, 0.05) is 7.05 Å². The standard InChI is InChI=1S/C20H20N2O/c1-4-9-16-14-17(11-8-10-15(16)5-2)22-19-13-7-6-12-18(19)21(3)20(22)23/h4-9,11-14H,2,10H2,1,3H3/b9-4-. The number of para-hydroxylation sites is 2. The minimum absolute atomic E-state index is 0.0380. The first-order valence-electron chi connectivity index (χ1n) is 7.70. The summed E-state index contributed by atoms with van der Waals surface area (Å²) in [6.45, 7) is 5.89. The second-order valence-corrected chi connectivity index (χ2v) is 5.53. The average molecular weight is 304 g/mol. The summed E-state index contributed by atoms with van der Waals surface area (Å²) in [6, 6.07) is 7.84. The van der Waals surface area contributed by atoms with Crippen LogP contribution in [-0.2, 0) is 7.05 Å². The number of benzene rings is 1. The van der Waals surface area contributed by atoms with Gasteiger partial charge in [0.15, 0.2) is 0 Å². The summed E-state index contributed by atoms with van der Waals surface area (Å²) in [5.74, 6) is 0. The number of aromatic nitrogens is 2. The Morgan fingerprint density at radius 3 is 2.65 bits per heavy atom.